The number of rotatable bonds is 3. The Kier molecular flexibility index (Phi) is 3.72. The molecule has 1 nitrogen and oxygen atoms in total. The fourth-order valence-electron chi connectivity index (χ4n) is 4.06. The van der Waals surface area contributed by atoms with Crippen molar-refractivity contribution < 1.29 is 4.79 Å². The van der Waals surface area contributed by atoms with Gasteiger partial charge in [-0.2, -0.15) is 0 Å². The maximum absolute atomic E-state index is 12.8. The van der Waals surface area contributed by atoms with Gasteiger partial charge in [0.25, 0.3) is 0 Å². The molecule has 1 heteroatoms. The maximum Gasteiger partial charge on any atom is 0.143 e. The number of benzene rings is 1. The molecule has 3 rings (SSSR count). The van der Waals surface area contributed by atoms with Crippen molar-refractivity contribution >= 4 is 5.78 Å². The van der Waals surface area contributed by atoms with Crippen LogP contribution in [-0.4, -0.2) is 5.78 Å². The second-order valence-electron chi connectivity index (χ2n) is 6.33. The zero-order chi connectivity index (χ0) is 13.2. The molecule has 0 heterocycles. The highest BCUT2D eigenvalue weighted by atomic mass is 16.1. The van der Waals surface area contributed by atoms with E-state index in [4.69, 9.17) is 0 Å². The molecule has 2 aliphatic carbocycles. The van der Waals surface area contributed by atoms with E-state index in [-0.39, 0.29) is 5.92 Å². The summed E-state index contributed by atoms with van der Waals surface area (Å²) in [6.07, 6.45) is 8.25. The second-order valence-corrected chi connectivity index (χ2v) is 6.33. The standard InChI is InChI=1S/C18H24O/c1-2-13-6-5-8-15(12-13)18(19)17-11-10-14-7-3-4-9-16(14)17/h3-4,7,9,13,15,17H,2,5-6,8,10-12H2,1H3. The Morgan fingerprint density at radius 2 is 2.05 bits per heavy atom. The lowest BCUT2D eigenvalue weighted by atomic mass is 9.75. The average Bonchev–Trinajstić information content (AvgIpc) is 2.90. The van der Waals surface area contributed by atoms with Gasteiger partial charge in [-0.05, 0) is 42.7 Å². The van der Waals surface area contributed by atoms with Crippen molar-refractivity contribution in [2.75, 3.05) is 0 Å². The molecule has 0 amide bonds. The lowest BCUT2D eigenvalue weighted by Crippen LogP contribution is -2.26. The van der Waals surface area contributed by atoms with E-state index in [1.165, 1.54) is 30.4 Å². The molecule has 2 aliphatic rings. The summed E-state index contributed by atoms with van der Waals surface area (Å²) < 4.78 is 0. The Morgan fingerprint density at radius 1 is 1.21 bits per heavy atom. The van der Waals surface area contributed by atoms with Crippen molar-refractivity contribution in [1.82, 2.24) is 0 Å². The zero-order valence-electron chi connectivity index (χ0n) is 11.9. The van der Waals surface area contributed by atoms with Crippen molar-refractivity contribution in [3.05, 3.63) is 35.4 Å². The van der Waals surface area contributed by atoms with Crippen LogP contribution in [0.15, 0.2) is 24.3 Å². The summed E-state index contributed by atoms with van der Waals surface area (Å²) in [5.74, 6) is 1.88. The van der Waals surface area contributed by atoms with Gasteiger partial charge < -0.3 is 0 Å². The molecule has 0 saturated heterocycles. The molecule has 19 heavy (non-hydrogen) atoms. The summed E-state index contributed by atoms with van der Waals surface area (Å²) in [7, 11) is 0. The van der Waals surface area contributed by atoms with Crippen LogP contribution in [0.4, 0.5) is 0 Å². The predicted molar refractivity (Wildman–Crippen MR) is 78.3 cm³/mol. The minimum absolute atomic E-state index is 0.205. The van der Waals surface area contributed by atoms with Gasteiger partial charge in [0.1, 0.15) is 5.78 Å². The van der Waals surface area contributed by atoms with E-state index in [1.54, 1.807) is 0 Å². The molecule has 102 valence electrons. The molecule has 0 N–H and O–H groups in total. The number of fused-ring (bicyclic) bond motifs is 1. The molecular weight excluding hydrogens is 232 g/mol. The van der Waals surface area contributed by atoms with Crippen molar-refractivity contribution in [3.63, 3.8) is 0 Å². The smallest absolute Gasteiger partial charge is 0.143 e. The molecule has 1 aromatic rings. The molecule has 0 radical (unpaired) electrons. The van der Waals surface area contributed by atoms with Crippen LogP contribution in [0.25, 0.3) is 0 Å². The monoisotopic (exact) mass is 256 g/mol. The first-order chi connectivity index (χ1) is 9.29. The molecule has 0 aromatic heterocycles. The van der Waals surface area contributed by atoms with Crippen LogP contribution < -0.4 is 0 Å². The topological polar surface area (TPSA) is 17.1 Å². The van der Waals surface area contributed by atoms with E-state index in [0.29, 0.717) is 11.7 Å². The number of aryl methyl sites for hydroxylation is 1. The zero-order valence-corrected chi connectivity index (χ0v) is 11.9. The molecule has 0 aliphatic heterocycles. The van der Waals surface area contributed by atoms with E-state index in [0.717, 1.165) is 31.6 Å². The summed E-state index contributed by atoms with van der Waals surface area (Å²) in [5, 5.41) is 0. The van der Waals surface area contributed by atoms with E-state index >= 15 is 0 Å². The first-order valence-corrected chi connectivity index (χ1v) is 7.91. The first kappa shape index (κ1) is 12.9. The molecule has 1 saturated carbocycles. The van der Waals surface area contributed by atoms with E-state index in [2.05, 4.69) is 31.2 Å². The molecule has 0 spiro atoms. The molecular formula is C18H24O. The van der Waals surface area contributed by atoms with Crippen LogP contribution in [-0.2, 0) is 11.2 Å². The van der Waals surface area contributed by atoms with Crippen LogP contribution in [0.3, 0.4) is 0 Å². The highest BCUT2D eigenvalue weighted by molar-refractivity contribution is 5.89. The average molecular weight is 256 g/mol. The minimum atomic E-state index is 0.205. The van der Waals surface area contributed by atoms with Gasteiger partial charge >= 0.3 is 0 Å². The SMILES string of the molecule is CCC1CCCC(C(=O)C2CCc3ccccc32)C1. The predicted octanol–water partition coefficient (Wildman–Crippen LogP) is 4.50. The summed E-state index contributed by atoms with van der Waals surface area (Å²) in [4.78, 5) is 12.8. The van der Waals surface area contributed by atoms with Crippen LogP contribution in [0.5, 0.6) is 0 Å². The summed E-state index contributed by atoms with van der Waals surface area (Å²) in [5.41, 5.74) is 2.73. The van der Waals surface area contributed by atoms with Gasteiger partial charge in [-0.25, -0.2) is 0 Å². The minimum Gasteiger partial charge on any atom is -0.299 e. The van der Waals surface area contributed by atoms with Gasteiger partial charge in [-0.1, -0.05) is 50.5 Å². The van der Waals surface area contributed by atoms with Crippen molar-refractivity contribution in [2.24, 2.45) is 11.8 Å². The van der Waals surface area contributed by atoms with Gasteiger partial charge in [0.05, 0.1) is 0 Å². The van der Waals surface area contributed by atoms with Crippen molar-refractivity contribution in [2.45, 2.75) is 57.8 Å². The van der Waals surface area contributed by atoms with Crippen molar-refractivity contribution in [3.8, 4) is 0 Å². The number of hydrogen-bond acceptors (Lipinski definition) is 1. The van der Waals surface area contributed by atoms with E-state index < -0.39 is 0 Å². The second kappa shape index (κ2) is 5.48. The summed E-state index contributed by atoms with van der Waals surface area (Å²) >= 11 is 0. The van der Waals surface area contributed by atoms with Gasteiger partial charge in [0, 0.05) is 11.8 Å². The Balaban J connectivity index is 1.75. The number of hydrogen-bond donors (Lipinski definition) is 0. The number of Topliss-reactive ketones (excluding diaryl/α,β-unsaturated/α-hetero) is 1. The number of carbonyl (C=O) groups is 1. The van der Waals surface area contributed by atoms with Gasteiger partial charge in [-0.3, -0.25) is 4.79 Å². The highest BCUT2D eigenvalue weighted by Crippen LogP contribution is 2.40. The molecule has 1 fully saturated rings. The maximum atomic E-state index is 12.8. The van der Waals surface area contributed by atoms with E-state index in [1.807, 2.05) is 0 Å². The summed E-state index contributed by atoms with van der Waals surface area (Å²) in [6, 6.07) is 8.54. The van der Waals surface area contributed by atoms with Gasteiger partial charge in [0.15, 0.2) is 0 Å². The Bertz CT molecular complexity index is 463. The fraction of sp³-hybridized carbons (Fsp3) is 0.611. The van der Waals surface area contributed by atoms with Crippen LogP contribution in [0.2, 0.25) is 0 Å². The normalized spacial score (nSPS) is 30.1. The quantitative estimate of drug-likeness (QED) is 0.778. The van der Waals surface area contributed by atoms with E-state index in [9.17, 15) is 4.79 Å². The summed E-state index contributed by atoms with van der Waals surface area (Å²) in [6.45, 7) is 2.27. The van der Waals surface area contributed by atoms with Crippen LogP contribution in [0, 0.1) is 11.8 Å². The Morgan fingerprint density at radius 3 is 2.89 bits per heavy atom. The molecule has 3 unspecified atom stereocenters. The molecule has 3 atom stereocenters. The van der Waals surface area contributed by atoms with Crippen LogP contribution in [0.1, 0.15) is 62.5 Å². The number of carbonyl (C=O) groups excluding carboxylic acids is 1. The third-order valence-electron chi connectivity index (χ3n) is 5.24. The van der Waals surface area contributed by atoms with Gasteiger partial charge in [0.2, 0.25) is 0 Å². The molecule has 1 aromatic carbocycles. The Hall–Kier alpha value is -1.11. The first-order valence-electron chi connectivity index (χ1n) is 7.91. The van der Waals surface area contributed by atoms with Gasteiger partial charge in [-0.15, -0.1) is 0 Å². The molecule has 0 bridgehead atoms. The highest BCUT2D eigenvalue weighted by Gasteiger charge is 2.34. The fourth-order valence-corrected chi connectivity index (χ4v) is 4.06. The Labute approximate surface area is 116 Å². The lowest BCUT2D eigenvalue weighted by molar-refractivity contribution is -0.125. The number of ketones is 1. The van der Waals surface area contributed by atoms with Crippen molar-refractivity contribution in [1.29, 1.82) is 0 Å². The third-order valence-corrected chi connectivity index (χ3v) is 5.24. The third kappa shape index (κ3) is 2.48. The largest absolute Gasteiger partial charge is 0.299 e. The van der Waals surface area contributed by atoms with Crippen LogP contribution >= 0.6 is 0 Å². The lowest BCUT2D eigenvalue weighted by Gasteiger charge is -2.29.